The molecule has 0 bridgehead atoms. The van der Waals surface area contributed by atoms with Gasteiger partial charge in [0.25, 0.3) is 11.6 Å². The van der Waals surface area contributed by atoms with Crippen molar-refractivity contribution in [2.75, 3.05) is 7.11 Å². The molecule has 0 aromatic heterocycles. The molecule has 0 unspecified atom stereocenters. The van der Waals surface area contributed by atoms with Gasteiger partial charge in [-0.3, -0.25) is 4.79 Å². The van der Waals surface area contributed by atoms with Gasteiger partial charge in [0.1, 0.15) is 5.75 Å². The van der Waals surface area contributed by atoms with E-state index in [9.17, 15) is 23.1 Å². The molecule has 0 saturated heterocycles. The van der Waals surface area contributed by atoms with Crippen molar-refractivity contribution < 1.29 is 27.8 Å². The minimum absolute atomic E-state index is 0.0444. The van der Waals surface area contributed by atoms with Crippen molar-refractivity contribution in [2.24, 2.45) is 5.10 Å². The van der Waals surface area contributed by atoms with Crippen LogP contribution in [0.3, 0.4) is 0 Å². The predicted octanol–water partition coefficient (Wildman–Crippen LogP) is 3.85. The number of ether oxygens (including phenoxy) is 1. The molecule has 0 spiro atoms. The van der Waals surface area contributed by atoms with E-state index in [2.05, 4.69) is 5.10 Å². The SMILES string of the molecule is COc1cccc(C2=NN(C(=O)c3ccccc3Cl)[C@@](O)(C(F)(F)F)C2)c1. The molecule has 0 aliphatic carbocycles. The lowest BCUT2D eigenvalue weighted by Gasteiger charge is -2.32. The van der Waals surface area contributed by atoms with Crippen LogP contribution in [0, 0.1) is 0 Å². The quantitative estimate of drug-likeness (QED) is 0.854. The molecule has 0 saturated carbocycles. The number of halogens is 4. The van der Waals surface area contributed by atoms with Crippen molar-refractivity contribution in [3.05, 3.63) is 64.7 Å². The van der Waals surface area contributed by atoms with Crippen LogP contribution in [0.4, 0.5) is 13.2 Å². The molecule has 1 atom stereocenters. The van der Waals surface area contributed by atoms with Crippen molar-refractivity contribution in [2.45, 2.75) is 18.3 Å². The van der Waals surface area contributed by atoms with Crippen molar-refractivity contribution in [1.82, 2.24) is 5.01 Å². The molecule has 1 amide bonds. The van der Waals surface area contributed by atoms with Gasteiger partial charge in [0.15, 0.2) is 0 Å². The fraction of sp³-hybridized carbons (Fsp3) is 0.222. The number of aliphatic hydroxyl groups is 1. The van der Waals surface area contributed by atoms with Crippen LogP contribution in [0.15, 0.2) is 53.6 Å². The van der Waals surface area contributed by atoms with Gasteiger partial charge >= 0.3 is 6.18 Å². The van der Waals surface area contributed by atoms with Crippen LogP contribution in [0.25, 0.3) is 0 Å². The Bertz CT molecular complexity index is 917. The number of rotatable bonds is 3. The summed E-state index contributed by atoms with van der Waals surface area (Å²) < 4.78 is 45.9. The number of carbonyl (C=O) groups excluding carboxylic acids is 1. The summed E-state index contributed by atoms with van der Waals surface area (Å²) in [7, 11) is 1.41. The zero-order valence-electron chi connectivity index (χ0n) is 14.0. The molecule has 27 heavy (non-hydrogen) atoms. The Morgan fingerprint density at radius 2 is 1.96 bits per heavy atom. The van der Waals surface area contributed by atoms with Crippen molar-refractivity contribution in [1.29, 1.82) is 0 Å². The number of alkyl halides is 3. The monoisotopic (exact) mass is 398 g/mol. The van der Waals surface area contributed by atoms with Gasteiger partial charge < -0.3 is 9.84 Å². The molecule has 1 aliphatic rings. The van der Waals surface area contributed by atoms with Crippen LogP contribution in [0.1, 0.15) is 22.3 Å². The molecule has 9 heteroatoms. The lowest BCUT2D eigenvalue weighted by Crippen LogP contribution is -2.56. The van der Waals surface area contributed by atoms with Crippen LogP contribution < -0.4 is 4.74 Å². The van der Waals surface area contributed by atoms with E-state index in [0.717, 1.165) is 0 Å². The second-order valence-corrected chi connectivity index (χ2v) is 6.27. The Morgan fingerprint density at radius 1 is 1.26 bits per heavy atom. The number of amides is 1. The fourth-order valence-electron chi connectivity index (χ4n) is 2.69. The second kappa shape index (κ2) is 6.86. The molecule has 1 N–H and O–H groups in total. The van der Waals surface area contributed by atoms with Gasteiger partial charge in [-0.1, -0.05) is 35.9 Å². The number of nitrogens with zero attached hydrogens (tertiary/aromatic N) is 2. The first kappa shape index (κ1) is 19.2. The van der Waals surface area contributed by atoms with E-state index in [1.807, 2.05) is 0 Å². The first-order valence-corrected chi connectivity index (χ1v) is 8.15. The highest BCUT2D eigenvalue weighted by Crippen LogP contribution is 2.42. The van der Waals surface area contributed by atoms with Gasteiger partial charge in [-0.05, 0) is 24.3 Å². The van der Waals surface area contributed by atoms with Gasteiger partial charge in [-0.15, -0.1) is 0 Å². The number of hydrazone groups is 1. The van der Waals surface area contributed by atoms with Gasteiger partial charge in [0, 0.05) is 5.56 Å². The summed E-state index contributed by atoms with van der Waals surface area (Å²) in [5.41, 5.74) is -3.49. The fourth-order valence-corrected chi connectivity index (χ4v) is 2.91. The Balaban J connectivity index is 2.08. The van der Waals surface area contributed by atoms with Crippen molar-refractivity contribution >= 4 is 23.2 Å². The molecular weight excluding hydrogens is 385 g/mol. The first-order chi connectivity index (χ1) is 12.7. The summed E-state index contributed by atoms with van der Waals surface area (Å²) in [6, 6.07) is 11.8. The minimum atomic E-state index is -5.13. The topological polar surface area (TPSA) is 62.1 Å². The van der Waals surface area contributed by atoms with Crippen LogP contribution >= 0.6 is 11.6 Å². The average molecular weight is 399 g/mol. The molecule has 5 nitrogen and oxygen atoms in total. The molecule has 142 valence electrons. The molecule has 1 aliphatic heterocycles. The lowest BCUT2D eigenvalue weighted by molar-refractivity contribution is -0.297. The number of hydrogen-bond acceptors (Lipinski definition) is 4. The average Bonchev–Trinajstić information content (AvgIpc) is 3.00. The largest absolute Gasteiger partial charge is 0.497 e. The smallest absolute Gasteiger partial charge is 0.438 e. The Labute approximate surface area is 157 Å². The molecule has 3 rings (SSSR count). The molecule has 2 aromatic carbocycles. The van der Waals surface area contributed by atoms with Gasteiger partial charge in [0.2, 0.25) is 0 Å². The number of hydrogen-bond donors (Lipinski definition) is 1. The number of benzene rings is 2. The number of methoxy groups -OCH3 is 1. The molecule has 2 aromatic rings. The van der Waals surface area contributed by atoms with E-state index < -0.39 is 24.2 Å². The summed E-state index contributed by atoms with van der Waals surface area (Å²) in [6.07, 6.45) is -6.05. The third-order valence-corrected chi connectivity index (χ3v) is 4.47. The third-order valence-electron chi connectivity index (χ3n) is 4.14. The molecule has 0 radical (unpaired) electrons. The minimum Gasteiger partial charge on any atom is -0.497 e. The Morgan fingerprint density at radius 3 is 2.59 bits per heavy atom. The number of carbonyl (C=O) groups is 1. The van der Waals surface area contributed by atoms with Crippen molar-refractivity contribution in [3.63, 3.8) is 0 Å². The molecule has 0 fully saturated rings. The van der Waals surface area contributed by atoms with E-state index in [1.54, 1.807) is 12.1 Å². The predicted molar refractivity (Wildman–Crippen MR) is 92.8 cm³/mol. The molecule has 1 heterocycles. The normalized spacial score (nSPS) is 19.8. The summed E-state index contributed by atoms with van der Waals surface area (Å²) in [5.74, 6) is -0.750. The van der Waals surface area contributed by atoms with Crippen molar-refractivity contribution in [3.8, 4) is 5.75 Å². The van der Waals surface area contributed by atoms with E-state index in [0.29, 0.717) is 11.3 Å². The summed E-state index contributed by atoms with van der Waals surface area (Å²) in [4.78, 5) is 12.7. The van der Waals surface area contributed by atoms with Crippen LogP contribution in [-0.2, 0) is 0 Å². The summed E-state index contributed by atoms with van der Waals surface area (Å²) >= 11 is 5.92. The van der Waals surface area contributed by atoms with E-state index in [-0.39, 0.29) is 21.3 Å². The maximum atomic E-state index is 13.6. The van der Waals surface area contributed by atoms with E-state index in [1.165, 1.54) is 43.5 Å². The van der Waals surface area contributed by atoms with Crippen LogP contribution in [-0.4, -0.2) is 40.7 Å². The standard InChI is InChI=1S/C18H14ClF3N2O3/c1-27-12-6-4-5-11(9-12)15-10-17(26,18(20,21)22)24(23-15)16(25)13-7-2-3-8-14(13)19/h2-9,26H,10H2,1H3/t17-/m0/s1. The lowest BCUT2D eigenvalue weighted by atomic mass is 10.0. The zero-order valence-corrected chi connectivity index (χ0v) is 14.8. The second-order valence-electron chi connectivity index (χ2n) is 5.87. The van der Waals surface area contributed by atoms with Crippen LogP contribution in [0.5, 0.6) is 5.75 Å². The van der Waals surface area contributed by atoms with E-state index >= 15 is 0 Å². The maximum Gasteiger partial charge on any atom is 0.438 e. The van der Waals surface area contributed by atoms with Gasteiger partial charge in [-0.2, -0.15) is 23.3 Å². The highest BCUT2D eigenvalue weighted by Gasteiger charge is 2.63. The molecular formula is C18H14ClF3N2O3. The highest BCUT2D eigenvalue weighted by atomic mass is 35.5. The van der Waals surface area contributed by atoms with E-state index in [4.69, 9.17) is 16.3 Å². The highest BCUT2D eigenvalue weighted by molar-refractivity contribution is 6.33. The van der Waals surface area contributed by atoms with Crippen LogP contribution in [0.2, 0.25) is 5.02 Å². The summed E-state index contributed by atoms with van der Waals surface area (Å²) in [6.45, 7) is 0. The zero-order chi connectivity index (χ0) is 19.8. The van der Waals surface area contributed by atoms with Gasteiger partial charge in [0.05, 0.1) is 29.8 Å². The third kappa shape index (κ3) is 3.38. The Kier molecular flexibility index (Phi) is 4.88. The maximum absolute atomic E-state index is 13.6. The summed E-state index contributed by atoms with van der Waals surface area (Å²) in [5, 5.41) is 14.1. The first-order valence-electron chi connectivity index (χ1n) is 7.77. The van der Waals surface area contributed by atoms with Gasteiger partial charge in [-0.25, -0.2) is 0 Å². The Hall–Kier alpha value is -2.58.